The number of carbonyl (C=O) groups excluding carboxylic acids is 1. The van der Waals surface area contributed by atoms with Crippen molar-refractivity contribution in [2.24, 2.45) is 0 Å². The fourth-order valence-electron chi connectivity index (χ4n) is 2.13. The summed E-state index contributed by atoms with van der Waals surface area (Å²) >= 11 is 0. The van der Waals surface area contributed by atoms with E-state index in [2.05, 4.69) is 4.74 Å². The second kappa shape index (κ2) is 5.22. The Morgan fingerprint density at radius 1 is 0.947 bits per heavy atom. The van der Waals surface area contributed by atoms with Gasteiger partial charge in [-0.15, -0.1) is 0 Å². The van der Waals surface area contributed by atoms with Gasteiger partial charge in [-0.05, 0) is 43.2 Å². The van der Waals surface area contributed by atoms with E-state index in [1.807, 2.05) is 32.0 Å². The van der Waals surface area contributed by atoms with Crippen LogP contribution >= 0.6 is 0 Å². The maximum Gasteiger partial charge on any atom is 0.337 e. The normalized spacial score (nSPS) is 10.3. The molecule has 0 radical (unpaired) electrons. The van der Waals surface area contributed by atoms with Gasteiger partial charge in [-0.1, -0.05) is 29.3 Å². The molecule has 0 aliphatic rings. The molecule has 0 heterocycles. The zero-order valence-corrected chi connectivity index (χ0v) is 11.2. The van der Waals surface area contributed by atoms with Crippen molar-refractivity contribution >= 4 is 5.97 Å². The molecule has 0 saturated carbocycles. The minimum Gasteiger partial charge on any atom is -0.465 e. The van der Waals surface area contributed by atoms with Crippen molar-refractivity contribution in [1.29, 1.82) is 0 Å². The number of halogens is 1. The molecule has 0 atom stereocenters. The summed E-state index contributed by atoms with van der Waals surface area (Å²) in [6.07, 6.45) is 0. The lowest BCUT2D eigenvalue weighted by molar-refractivity contribution is 0.0600. The standard InChI is InChI=1S/C16H15FO2/c1-10-4-11(2)6-12(5-10)13-7-14(16(18)19-3)9-15(17)8-13/h4-9H,1-3H3. The van der Waals surface area contributed by atoms with E-state index in [9.17, 15) is 9.18 Å². The number of methoxy groups -OCH3 is 1. The first-order valence-corrected chi connectivity index (χ1v) is 5.97. The molecule has 0 saturated heterocycles. The van der Waals surface area contributed by atoms with E-state index >= 15 is 0 Å². The lowest BCUT2D eigenvalue weighted by Gasteiger charge is -2.07. The molecule has 0 unspecified atom stereocenters. The van der Waals surface area contributed by atoms with Crippen LogP contribution in [-0.4, -0.2) is 13.1 Å². The molecule has 0 fully saturated rings. The van der Waals surface area contributed by atoms with Gasteiger partial charge in [0.05, 0.1) is 12.7 Å². The fourth-order valence-corrected chi connectivity index (χ4v) is 2.13. The Morgan fingerprint density at radius 2 is 1.53 bits per heavy atom. The lowest BCUT2D eigenvalue weighted by Crippen LogP contribution is -2.02. The predicted octanol–water partition coefficient (Wildman–Crippen LogP) is 3.90. The minimum atomic E-state index is -0.537. The Labute approximate surface area is 111 Å². The second-order valence-electron chi connectivity index (χ2n) is 4.60. The Morgan fingerprint density at radius 3 is 2.11 bits per heavy atom. The Kier molecular flexibility index (Phi) is 3.65. The number of esters is 1. The highest BCUT2D eigenvalue weighted by atomic mass is 19.1. The largest absolute Gasteiger partial charge is 0.465 e. The van der Waals surface area contributed by atoms with Gasteiger partial charge in [0, 0.05) is 0 Å². The highest BCUT2D eigenvalue weighted by Crippen LogP contribution is 2.24. The van der Waals surface area contributed by atoms with E-state index in [0.29, 0.717) is 5.56 Å². The SMILES string of the molecule is COC(=O)c1cc(F)cc(-c2cc(C)cc(C)c2)c1. The van der Waals surface area contributed by atoms with Crippen LogP contribution in [0.4, 0.5) is 4.39 Å². The van der Waals surface area contributed by atoms with E-state index in [1.54, 1.807) is 6.07 Å². The van der Waals surface area contributed by atoms with Gasteiger partial charge in [0.1, 0.15) is 5.82 Å². The number of aryl methyl sites for hydroxylation is 2. The van der Waals surface area contributed by atoms with Crippen molar-refractivity contribution in [2.75, 3.05) is 7.11 Å². The quantitative estimate of drug-likeness (QED) is 0.764. The third-order valence-electron chi connectivity index (χ3n) is 2.87. The van der Waals surface area contributed by atoms with Crippen LogP contribution < -0.4 is 0 Å². The van der Waals surface area contributed by atoms with E-state index < -0.39 is 11.8 Å². The molecule has 0 aliphatic heterocycles. The highest BCUT2D eigenvalue weighted by molar-refractivity contribution is 5.91. The van der Waals surface area contributed by atoms with Crippen molar-refractivity contribution in [3.63, 3.8) is 0 Å². The Hall–Kier alpha value is -2.16. The molecule has 2 aromatic carbocycles. The fraction of sp³-hybridized carbons (Fsp3) is 0.188. The van der Waals surface area contributed by atoms with E-state index in [-0.39, 0.29) is 5.56 Å². The first-order valence-electron chi connectivity index (χ1n) is 5.97. The summed E-state index contributed by atoms with van der Waals surface area (Å²) in [6.45, 7) is 3.97. The molecule has 19 heavy (non-hydrogen) atoms. The number of benzene rings is 2. The van der Waals surface area contributed by atoms with Gasteiger partial charge in [0.2, 0.25) is 0 Å². The molecule has 0 bridgehead atoms. The molecule has 0 aromatic heterocycles. The number of carbonyl (C=O) groups is 1. The topological polar surface area (TPSA) is 26.3 Å². The summed E-state index contributed by atoms with van der Waals surface area (Å²) in [7, 11) is 1.28. The second-order valence-corrected chi connectivity index (χ2v) is 4.60. The van der Waals surface area contributed by atoms with Crippen LogP contribution in [0.3, 0.4) is 0 Å². The van der Waals surface area contributed by atoms with Crippen LogP contribution in [0.2, 0.25) is 0 Å². The van der Waals surface area contributed by atoms with Crippen molar-refractivity contribution < 1.29 is 13.9 Å². The number of hydrogen-bond acceptors (Lipinski definition) is 2. The van der Waals surface area contributed by atoms with Crippen LogP contribution in [0.15, 0.2) is 36.4 Å². The van der Waals surface area contributed by atoms with Crippen LogP contribution in [-0.2, 0) is 4.74 Å². The maximum atomic E-state index is 13.6. The van der Waals surface area contributed by atoms with Crippen LogP contribution in [0, 0.1) is 19.7 Å². The molecule has 98 valence electrons. The molecular weight excluding hydrogens is 243 g/mol. The first-order chi connectivity index (χ1) is 8.99. The third-order valence-corrected chi connectivity index (χ3v) is 2.87. The van der Waals surface area contributed by atoms with Gasteiger partial charge < -0.3 is 4.74 Å². The summed E-state index contributed by atoms with van der Waals surface area (Å²) in [5, 5.41) is 0. The zero-order chi connectivity index (χ0) is 14.0. The Bertz CT molecular complexity index is 612. The van der Waals surface area contributed by atoms with Crippen LogP contribution in [0.5, 0.6) is 0 Å². The number of ether oxygens (including phenoxy) is 1. The van der Waals surface area contributed by atoms with Crippen molar-refractivity contribution in [3.05, 3.63) is 58.9 Å². The summed E-state index contributed by atoms with van der Waals surface area (Å²) in [6, 6.07) is 10.2. The monoisotopic (exact) mass is 258 g/mol. The molecule has 0 amide bonds. The van der Waals surface area contributed by atoms with Gasteiger partial charge >= 0.3 is 5.97 Å². The average Bonchev–Trinajstić information content (AvgIpc) is 2.36. The van der Waals surface area contributed by atoms with Crippen LogP contribution in [0.25, 0.3) is 11.1 Å². The van der Waals surface area contributed by atoms with Gasteiger partial charge in [-0.3, -0.25) is 0 Å². The zero-order valence-electron chi connectivity index (χ0n) is 11.2. The lowest BCUT2D eigenvalue weighted by atomic mass is 9.99. The minimum absolute atomic E-state index is 0.219. The summed E-state index contributed by atoms with van der Waals surface area (Å²) in [4.78, 5) is 11.5. The number of rotatable bonds is 2. The van der Waals surface area contributed by atoms with Crippen molar-refractivity contribution in [2.45, 2.75) is 13.8 Å². The van der Waals surface area contributed by atoms with Crippen molar-refractivity contribution in [1.82, 2.24) is 0 Å². The number of hydrogen-bond donors (Lipinski definition) is 0. The van der Waals surface area contributed by atoms with E-state index in [1.165, 1.54) is 19.2 Å². The molecule has 3 heteroatoms. The average molecular weight is 258 g/mol. The first kappa shape index (κ1) is 13.3. The summed E-state index contributed by atoms with van der Waals surface area (Å²) < 4.78 is 18.2. The van der Waals surface area contributed by atoms with Crippen LogP contribution in [0.1, 0.15) is 21.5 Å². The molecule has 0 spiro atoms. The summed E-state index contributed by atoms with van der Waals surface area (Å²) in [5.74, 6) is -0.984. The van der Waals surface area contributed by atoms with Crippen molar-refractivity contribution in [3.8, 4) is 11.1 Å². The highest BCUT2D eigenvalue weighted by Gasteiger charge is 2.10. The summed E-state index contributed by atoms with van der Waals surface area (Å²) in [5.41, 5.74) is 3.98. The van der Waals surface area contributed by atoms with E-state index in [4.69, 9.17) is 0 Å². The third kappa shape index (κ3) is 2.99. The van der Waals surface area contributed by atoms with Gasteiger partial charge in [-0.2, -0.15) is 0 Å². The molecular formula is C16H15FO2. The molecule has 2 aromatic rings. The smallest absolute Gasteiger partial charge is 0.337 e. The molecule has 0 aliphatic carbocycles. The molecule has 2 rings (SSSR count). The van der Waals surface area contributed by atoms with Gasteiger partial charge in [0.15, 0.2) is 0 Å². The van der Waals surface area contributed by atoms with E-state index in [0.717, 1.165) is 16.7 Å². The molecule has 2 nitrogen and oxygen atoms in total. The Balaban J connectivity index is 2.55. The van der Waals surface area contributed by atoms with Gasteiger partial charge in [0.25, 0.3) is 0 Å². The molecule has 0 N–H and O–H groups in total. The predicted molar refractivity (Wildman–Crippen MR) is 72.6 cm³/mol. The van der Waals surface area contributed by atoms with Gasteiger partial charge in [-0.25, -0.2) is 9.18 Å². The maximum absolute atomic E-state index is 13.6.